The van der Waals surface area contributed by atoms with Crippen molar-refractivity contribution in [2.75, 3.05) is 5.84 Å². The second-order valence-electron chi connectivity index (χ2n) is 2.37. The number of hydrogen-bond donors (Lipinski definition) is 1. The highest BCUT2D eigenvalue weighted by atomic mass is 16.1. The lowest BCUT2D eigenvalue weighted by molar-refractivity contribution is 0.786. The number of rotatable bonds is 0. The fourth-order valence-electron chi connectivity index (χ4n) is 0.971. The van der Waals surface area contributed by atoms with Gasteiger partial charge in [0.05, 0.1) is 0 Å². The van der Waals surface area contributed by atoms with Crippen molar-refractivity contribution in [1.29, 1.82) is 0 Å². The van der Waals surface area contributed by atoms with Gasteiger partial charge in [0.15, 0.2) is 5.43 Å². The first-order valence-corrected chi connectivity index (χ1v) is 3.38. The monoisotopic (exact) mass is 162 g/mol. The minimum absolute atomic E-state index is 0.0759. The van der Waals surface area contributed by atoms with Crippen LogP contribution in [0.4, 0.5) is 0 Å². The summed E-state index contributed by atoms with van der Waals surface area (Å²) >= 11 is 0. The van der Waals surface area contributed by atoms with E-state index in [1.54, 1.807) is 12.1 Å². The lowest BCUT2D eigenvalue weighted by atomic mass is 10.4. The van der Waals surface area contributed by atoms with E-state index in [4.69, 9.17) is 5.84 Å². The van der Waals surface area contributed by atoms with Crippen molar-refractivity contribution in [2.45, 2.75) is 0 Å². The predicted molar refractivity (Wildman–Crippen MR) is 43.9 cm³/mol. The Labute approximate surface area is 67.4 Å². The summed E-state index contributed by atoms with van der Waals surface area (Å²) in [4.78, 5) is 12.0. The zero-order valence-electron chi connectivity index (χ0n) is 6.14. The first-order chi connectivity index (χ1) is 5.77. The maximum atomic E-state index is 10.9. The minimum atomic E-state index is -0.0759. The van der Waals surface area contributed by atoms with Gasteiger partial charge in [0.1, 0.15) is 11.0 Å². The van der Waals surface area contributed by atoms with Crippen LogP contribution in [0, 0.1) is 0 Å². The molecule has 5 nitrogen and oxygen atoms in total. The number of aromatic nitrogens is 3. The van der Waals surface area contributed by atoms with Crippen LogP contribution in [0.25, 0.3) is 11.0 Å². The fourth-order valence-corrected chi connectivity index (χ4v) is 0.971. The molecule has 2 rings (SSSR count). The highest BCUT2D eigenvalue weighted by Crippen LogP contribution is 2.02. The highest BCUT2D eigenvalue weighted by Gasteiger charge is 1.97. The van der Waals surface area contributed by atoms with E-state index in [1.165, 1.54) is 12.1 Å². The molecule has 60 valence electrons. The van der Waals surface area contributed by atoms with Gasteiger partial charge in [-0.25, -0.2) is 0 Å². The number of hydrogen-bond acceptors (Lipinski definition) is 4. The predicted octanol–water partition coefficient (Wildman–Crippen LogP) is -0.495. The van der Waals surface area contributed by atoms with Gasteiger partial charge in [-0.05, 0) is 29.5 Å². The zero-order chi connectivity index (χ0) is 8.55. The van der Waals surface area contributed by atoms with Gasteiger partial charge in [-0.3, -0.25) is 4.79 Å². The van der Waals surface area contributed by atoms with Crippen LogP contribution in [0.2, 0.25) is 0 Å². The molecule has 2 aromatic rings. The van der Waals surface area contributed by atoms with E-state index in [-0.39, 0.29) is 5.43 Å². The first kappa shape index (κ1) is 6.78. The van der Waals surface area contributed by atoms with E-state index in [9.17, 15) is 4.79 Å². The van der Waals surface area contributed by atoms with Gasteiger partial charge in [-0.15, -0.1) is 5.10 Å². The molecule has 12 heavy (non-hydrogen) atoms. The van der Waals surface area contributed by atoms with Gasteiger partial charge < -0.3 is 5.84 Å². The smallest absolute Gasteiger partial charge is 0.178 e. The van der Waals surface area contributed by atoms with Crippen molar-refractivity contribution in [2.24, 2.45) is 0 Å². The molecular formula is C7H6N4O. The van der Waals surface area contributed by atoms with Crippen molar-refractivity contribution in [3.8, 4) is 0 Å². The zero-order valence-corrected chi connectivity index (χ0v) is 6.14. The molecule has 0 aliphatic rings. The minimum Gasteiger partial charge on any atom is -0.321 e. The summed E-state index contributed by atoms with van der Waals surface area (Å²) in [7, 11) is 0. The van der Waals surface area contributed by atoms with E-state index in [1.807, 2.05) is 0 Å². The van der Waals surface area contributed by atoms with Crippen LogP contribution in [-0.2, 0) is 0 Å². The molecule has 0 bridgehead atoms. The molecule has 0 atom stereocenters. The number of fused-ring (bicyclic) bond motifs is 1. The summed E-state index contributed by atoms with van der Waals surface area (Å²) in [5.74, 6) is 5.42. The Morgan fingerprint density at radius 1 is 1.25 bits per heavy atom. The average Bonchev–Trinajstić information content (AvgIpc) is 2.28. The Morgan fingerprint density at radius 3 is 2.83 bits per heavy atom. The van der Waals surface area contributed by atoms with Crippen LogP contribution in [0.1, 0.15) is 0 Å². The molecule has 1 aromatic carbocycles. The third-order valence-electron chi connectivity index (χ3n) is 1.57. The molecule has 0 saturated heterocycles. The third kappa shape index (κ3) is 0.914. The van der Waals surface area contributed by atoms with Crippen molar-refractivity contribution in [3.63, 3.8) is 0 Å². The normalized spacial score (nSPS) is 10.3. The molecule has 0 fully saturated rings. The topological polar surface area (TPSA) is 73.8 Å². The van der Waals surface area contributed by atoms with Crippen LogP contribution in [0.3, 0.4) is 0 Å². The van der Waals surface area contributed by atoms with Crippen LogP contribution >= 0.6 is 0 Å². The molecule has 0 aliphatic heterocycles. The van der Waals surface area contributed by atoms with Gasteiger partial charge in [0, 0.05) is 0 Å². The molecule has 0 radical (unpaired) electrons. The van der Waals surface area contributed by atoms with Crippen LogP contribution in [0.5, 0.6) is 0 Å². The van der Waals surface area contributed by atoms with Gasteiger partial charge in [0.2, 0.25) is 0 Å². The quantitative estimate of drug-likeness (QED) is 0.530. The van der Waals surface area contributed by atoms with Crippen LogP contribution in [0.15, 0.2) is 29.1 Å². The summed E-state index contributed by atoms with van der Waals surface area (Å²) < 4.78 is 0. The first-order valence-electron chi connectivity index (χ1n) is 3.38. The summed E-state index contributed by atoms with van der Waals surface area (Å²) in [5, 5.41) is 7.34. The Balaban J connectivity index is 2.96. The van der Waals surface area contributed by atoms with E-state index in [0.717, 1.165) is 4.79 Å². The van der Waals surface area contributed by atoms with Crippen molar-refractivity contribution < 1.29 is 0 Å². The second-order valence-corrected chi connectivity index (χ2v) is 2.37. The van der Waals surface area contributed by atoms with Crippen molar-refractivity contribution >= 4 is 11.0 Å². The lowest BCUT2D eigenvalue weighted by Gasteiger charge is -1.84. The van der Waals surface area contributed by atoms with Gasteiger partial charge in [-0.1, -0.05) is 0 Å². The number of nitrogen functional groups attached to an aromatic ring is 1. The van der Waals surface area contributed by atoms with E-state index < -0.39 is 0 Å². The van der Waals surface area contributed by atoms with Gasteiger partial charge in [-0.2, -0.15) is 4.79 Å². The molecule has 0 unspecified atom stereocenters. The maximum Gasteiger partial charge on any atom is 0.178 e. The second kappa shape index (κ2) is 2.30. The molecule has 0 saturated carbocycles. The third-order valence-corrected chi connectivity index (χ3v) is 1.57. The Bertz CT molecular complexity index is 476. The summed E-state index contributed by atoms with van der Waals surface area (Å²) in [6.07, 6.45) is 0. The average molecular weight is 162 g/mol. The fraction of sp³-hybridized carbons (Fsp3) is 0. The van der Waals surface area contributed by atoms with Crippen LogP contribution < -0.4 is 11.3 Å². The van der Waals surface area contributed by atoms with E-state index in [0.29, 0.717) is 11.0 Å². The Kier molecular flexibility index (Phi) is 1.30. The largest absolute Gasteiger partial charge is 0.321 e. The number of nitrogens with two attached hydrogens (primary N) is 1. The molecule has 5 heteroatoms. The molecule has 0 spiro atoms. The molecule has 0 amide bonds. The molecular weight excluding hydrogens is 156 g/mol. The van der Waals surface area contributed by atoms with Gasteiger partial charge >= 0.3 is 0 Å². The van der Waals surface area contributed by atoms with Crippen molar-refractivity contribution in [3.05, 3.63) is 34.5 Å². The Morgan fingerprint density at radius 2 is 2.00 bits per heavy atom. The lowest BCUT2D eigenvalue weighted by Crippen LogP contribution is -2.09. The summed E-state index contributed by atoms with van der Waals surface area (Å²) in [6, 6.07) is 6.04. The summed E-state index contributed by atoms with van der Waals surface area (Å²) in [6.45, 7) is 0. The highest BCUT2D eigenvalue weighted by molar-refractivity contribution is 5.72. The summed E-state index contributed by atoms with van der Waals surface area (Å²) in [5.41, 5.74) is 1.17. The van der Waals surface area contributed by atoms with Crippen molar-refractivity contribution in [1.82, 2.24) is 15.1 Å². The molecule has 2 N–H and O–H groups in total. The Hall–Kier alpha value is -1.91. The molecule has 1 aromatic heterocycles. The van der Waals surface area contributed by atoms with E-state index >= 15 is 0 Å². The SMILES string of the molecule is Nn1nnc2ccc(=O)ccc21. The molecule has 0 aliphatic carbocycles. The van der Waals surface area contributed by atoms with E-state index in [2.05, 4.69) is 10.3 Å². The van der Waals surface area contributed by atoms with Gasteiger partial charge in [0.25, 0.3) is 0 Å². The maximum absolute atomic E-state index is 10.9. The van der Waals surface area contributed by atoms with Crippen LogP contribution in [-0.4, -0.2) is 15.1 Å². The molecule has 1 heterocycles. The number of nitrogens with zero attached hydrogens (tertiary/aromatic N) is 3. The standard InChI is InChI=1S/C7H6N4O/c8-11-7-4-2-5(12)1-3-6(7)9-10-11/h1-4H,8H2.